The van der Waals surface area contributed by atoms with Crippen molar-refractivity contribution in [1.82, 2.24) is 27.4 Å². The minimum Gasteiger partial charge on any atom is -1.00 e. The molecule has 0 spiro atoms. The normalized spacial score (nSPS) is 15.3. The predicted octanol–water partition coefficient (Wildman–Crippen LogP) is 8.30. The molecule has 6 aromatic heterocycles. The molecule has 0 N–H and O–H groups in total. The molecule has 0 bridgehead atoms. The molecule has 0 saturated heterocycles. The largest absolute Gasteiger partial charge is 1.00 e. The van der Waals surface area contributed by atoms with Gasteiger partial charge >= 0.3 is 0 Å². The van der Waals surface area contributed by atoms with E-state index in [1.807, 2.05) is 28.3 Å². The van der Waals surface area contributed by atoms with Crippen LogP contribution < -0.4 is 95.2 Å². The van der Waals surface area contributed by atoms with Crippen LogP contribution in [0.1, 0.15) is 116 Å². The van der Waals surface area contributed by atoms with E-state index in [4.69, 9.17) is 0 Å². The molecular formula is C101H98Br3N9O3S3. The Bertz CT molecular complexity index is 7450. The molecule has 16 aromatic rings. The van der Waals surface area contributed by atoms with Crippen LogP contribution >= 0.6 is 34.0 Å². The Labute approximate surface area is 736 Å². The van der Waals surface area contributed by atoms with Gasteiger partial charge in [-0.3, -0.25) is 23.5 Å². The first-order valence-corrected chi connectivity index (χ1v) is 43.0. The van der Waals surface area contributed by atoms with Gasteiger partial charge in [0, 0.05) is 147 Å². The lowest BCUT2D eigenvalue weighted by atomic mass is 9.81. The minimum absolute atomic E-state index is 0. The number of hydrogen-bond acceptors (Lipinski definition) is 6. The third kappa shape index (κ3) is 14.7. The van der Waals surface area contributed by atoms with Gasteiger partial charge in [0.25, 0.3) is 16.7 Å². The number of aryl methyl sites for hydroxylation is 2. The molecule has 10 aromatic carbocycles. The lowest BCUT2D eigenvalue weighted by Gasteiger charge is -2.15. The lowest BCUT2D eigenvalue weighted by Crippen LogP contribution is -3.00. The maximum atomic E-state index is 13.7. The molecule has 18 heteroatoms. The van der Waals surface area contributed by atoms with Gasteiger partial charge < -0.3 is 69.2 Å². The van der Waals surface area contributed by atoms with Crippen molar-refractivity contribution in [3.05, 3.63) is 323 Å². The van der Waals surface area contributed by atoms with E-state index < -0.39 is 0 Å². The van der Waals surface area contributed by atoms with Crippen LogP contribution in [0.25, 0.3) is 108 Å². The van der Waals surface area contributed by atoms with Crippen LogP contribution in [-0.4, -0.2) is 78.4 Å². The first kappa shape index (κ1) is 85.0. The molecule has 119 heavy (non-hydrogen) atoms. The smallest absolute Gasteiger partial charge is 0.269 e. The monoisotopic (exact) mass is 1820 g/mol. The zero-order valence-electron chi connectivity index (χ0n) is 69.8. The van der Waals surface area contributed by atoms with Gasteiger partial charge in [-0.15, -0.1) is 34.0 Å². The summed E-state index contributed by atoms with van der Waals surface area (Å²) < 4.78 is 24.8. The van der Waals surface area contributed by atoms with Crippen LogP contribution in [0.15, 0.2) is 245 Å². The van der Waals surface area contributed by atoms with E-state index in [2.05, 4.69) is 373 Å². The second-order valence-electron chi connectivity index (χ2n) is 32.1. The van der Waals surface area contributed by atoms with Crippen molar-refractivity contribution in [2.75, 3.05) is 20.1 Å². The van der Waals surface area contributed by atoms with Crippen molar-refractivity contribution in [2.24, 2.45) is 14.1 Å². The molecule has 0 fully saturated rings. The van der Waals surface area contributed by atoms with Crippen LogP contribution in [0.4, 0.5) is 17.1 Å². The summed E-state index contributed by atoms with van der Waals surface area (Å²) in [6.07, 6.45) is 13.9. The van der Waals surface area contributed by atoms with Gasteiger partial charge in [0.15, 0.2) is 17.1 Å². The SMILES string of the molecule is CCCn1c2ccccc2c2cc(/C=c3/s/c(=C\C4=[N+](CC)c5ccccc5C4(C)C)n(CC)c3=O)ccc21.CCn1c(=O)/c(=C\c2ccc3c(c2)c2ccccc2n3-c2ccccc2)s/c1=C\C1=[N+](CC)c2ccccc2C1(C)C.Cn1c(=O)/c(=C\c2ccc3c(c2)c2ccccc2n3C)s/c1=C\C1=[N+](C)c2ccccc2C1(C)C.[Br-].[Br-].[Br-]. The summed E-state index contributed by atoms with van der Waals surface area (Å²) in [5.41, 5.74) is 22.7. The van der Waals surface area contributed by atoms with Crippen molar-refractivity contribution in [3.8, 4) is 5.69 Å². The molecule has 604 valence electrons. The predicted molar refractivity (Wildman–Crippen MR) is 491 cm³/mol. The van der Waals surface area contributed by atoms with E-state index in [0.29, 0.717) is 13.1 Å². The first-order valence-electron chi connectivity index (χ1n) is 40.6. The second-order valence-corrected chi connectivity index (χ2v) is 35.3. The van der Waals surface area contributed by atoms with Crippen LogP contribution in [0.5, 0.6) is 0 Å². The second kappa shape index (κ2) is 34.0. The summed E-state index contributed by atoms with van der Waals surface area (Å²) in [6, 6.07) is 81.5. The molecule has 3 aliphatic rings. The molecule has 0 amide bonds. The molecule has 9 heterocycles. The number of aromatic nitrogens is 6. The average Bonchev–Trinajstić information content (AvgIpc) is 1.61. The number of rotatable bonds is 13. The highest BCUT2D eigenvalue weighted by atomic mass is 79.9. The number of thiazole rings is 3. The highest BCUT2D eigenvalue weighted by Gasteiger charge is 2.46. The molecule has 3 aliphatic heterocycles. The third-order valence-corrected chi connectivity index (χ3v) is 27.5. The van der Waals surface area contributed by atoms with Crippen LogP contribution in [0, 0.1) is 0 Å². The van der Waals surface area contributed by atoms with Gasteiger partial charge in [-0.05, 0) is 177 Å². The summed E-state index contributed by atoms with van der Waals surface area (Å²) in [5.74, 6) is 0. The Morgan fingerprint density at radius 3 is 1.19 bits per heavy atom. The molecule has 0 atom stereocenters. The van der Waals surface area contributed by atoms with E-state index in [0.717, 1.165) is 81.5 Å². The average molecular weight is 1820 g/mol. The zero-order valence-corrected chi connectivity index (χ0v) is 77.0. The van der Waals surface area contributed by atoms with Crippen molar-refractivity contribution in [2.45, 2.75) is 118 Å². The van der Waals surface area contributed by atoms with Gasteiger partial charge in [-0.2, -0.15) is 13.7 Å². The van der Waals surface area contributed by atoms with E-state index in [-0.39, 0.29) is 83.9 Å². The zero-order chi connectivity index (χ0) is 80.8. The summed E-state index contributed by atoms with van der Waals surface area (Å²) in [4.78, 5) is 40.5. The quantitative estimate of drug-likeness (QED) is 0.109. The van der Waals surface area contributed by atoms with Gasteiger partial charge in [0.2, 0.25) is 17.1 Å². The maximum Gasteiger partial charge on any atom is 0.269 e. The van der Waals surface area contributed by atoms with Crippen LogP contribution in [0.3, 0.4) is 0 Å². The van der Waals surface area contributed by atoms with Crippen molar-refractivity contribution in [3.63, 3.8) is 0 Å². The molecule has 0 saturated carbocycles. The highest BCUT2D eigenvalue weighted by Crippen LogP contribution is 2.43. The topological polar surface area (TPSA) is 89.8 Å². The van der Waals surface area contributed by atoms with E-state index in [9.17, 15) is 14.4 Å². The lowest BCUT2D eigenvalue weighted by molar-refractivity contribution is -0.432. The third-order valence-electron chi connectivity index (χ3n) is 24.3. The van der Waals surface area contributed by atoms with E-state index in [1.165, 1.54) is 111 Å². The Balaban J connectivity index is 0.000000145. The Hall–Kier alpha value is -10.4. The summed E-state index contributed by atoms with van der Waals surface area (Å²) in [5, 5.41) is 7.34. The fraction of sp³-hybridized carbons (Fsp3) is 0.228. The van der Waals surface area contributed by atoms with Crippen molar-refractivity contribution in [1.29, 1.82) is 0 Å². The molecule has 0 radical (unpaired) electrons. The van der Waals surface area contributed by atoms with E-state index in [1.54, 1.807) is 38.6 Å². The van der Waals surface area contributed by atoms with Gasteiger partial charge in [-0.25, -0.2) is 0 Å². The molecule has 0 unspecified atom stereocenters. The summed E-state index contributed by atoms with van der Waals surface area (Å²) in [6.45, 7) is 28.4. The molecule has 12 nitrogen and oxygen atoms in total. The molecular weight excluding hydrogens is 1720 g/mol. The maximum absolute atomic E-state index is 13.7. The fourth-order valence-electron chi connectivity index (χ4n) is 18.4. The van der Waals surface area contributed by atoms with Gasteiger partial charge in [0.05, 0.1) is 40.9 Å². The van der Waals surface area contributed by atoms with E-state index >= 15 is 0 Å². The van der Waals surface area contributed by atoms with Crippen molar-refractivity contribution >= 4 is 170 Å². The Morgan fingerprint density at radius 1 is 0.345 bits per heavy atom. The number of benzene rings is 10. The highest BCUT2D eigenvalue weighted by molar-refractivity contribution is 7.08. The first-order chi connectivity index (χ1) is 56.1. The number of nitrogens with zero attached hydrogens (tertiary/aromatic N) is 9. The molecule has 19 rings (SSSR count). The Kier molecular flexibility index (Phi) is 24.3. The fourth-order valence-corrected chi connectivity index (χ4v) is 21.6. The van der Waals surface area contributed by atoms with Gasteiger partial charge in [-0.1, -0.05) is 153 Å². The molecule has 0 aliphatic carbocycles. The number of hydrogen-bond donors (Lipinski definition) is 0. The summed E-state index contributed by atoms with van der Waals surface area (Å²) in [7, 11) is 6.08. The number of halogens is 3. The Morgan fingerprint density at radius 2 is 0.697 bits per heavy atom. The van der Waals surface area contributed by atoms with Crippen LogP contribution in [-0.2, 0) is 50.0 Å². The van der Waals surface area contributed by atoms with Gasteiger partial charge in [0.1, 0.15) is 34.1 Å². The number of para-hydroxylation sites is 7. The minimum atomic E-state index is -0.146. The van der Waals surface area contributed by atoms with Crippen molar-refractivity contribution < 1.29 is 64.7 Å². The van der Waals surface area contributed by atoms with Crippen LogP contribution in [0.2, 0.25) is 0 Å². The summed E-state index contributed by atoms with van der Waals surface area (Å²) >= 11 is 4.73. The number of fused-ring (bicyclic) bond motifs is 12. The standard InChI is InChI=1S/C37H34N3OS.C34H36N3OS.C30H28N3OS.3BrH/c1-5-38-32-19-13-11-17-29(32)37(3,4)34(38)24-35-39(6-2)36(41)33(42-35)23-25-20-21-31-28(22-25)27-16-10-12-18-30(27)40(31)26-14-8-7-9-15-26;1-6-19-37-27-15-11-9-13-24(27)25-20-23(17-18-28(25)37)21-30-33(38)36(8-3)32(39-30)22-31-34(4,5)26-14-10-12-16-29(26)35(31)7-2;1-30(2)22-11-7-9-13-25(22)32(4)27(30)18-28-33(5)29(34)26(35-28)17-19-14-15-24-21(16-19)20-10-6-8-12-23(20)31(24)3;;;/h7-24H,5-6H2,1-4H3;9-18,20-22H,6-8,19H2,1-5H3;6-18H,1-5H3;3*1H/q3*+1;;;/p-3/b33-23+;30-21+;26-17+;;;.